The minimum atomic E-state index is -0.278. The number of carbonyl (C=O) groups excluding carboxylic acids is 1. The first-order chi connectivity index (χ1) is 17.8. The van der Waals surface area contributed by atoms with E-state index in [9.17, 15) is 14.9 Å². The molecule has 1 heterocycles. The summed E-state index contributed by atoms with van der Waals surface area (Å²) < 4.78 is 0. The van der Waals surface area contributed by atoms with Gasteiger partial charge in [0.05, 0.1) is 4.92 Å². The summed E-state index contributed by atoms with van der Waals surface area (Å²) in [6.45, 7) is 4.77. The van der Waals surface area contributed by atoms with Crippen molar-refractivity contribution in [3.05, 3.63) is 63.2 Å². The fourth-order valence-electron chi connectivity index (χ4n) is 8.06. The Morgan fingerprint density at radius 3 is 2.27 bits per heavy atom. The normalized spacial score (nSPS) is 29.3. The molecule has 4 saturated carbocycles. The van der Waals surface area contributed by atoms with Gasteiger partial charge < -0.3 is 15.1 Å². The van der Waals surface area contributed by atoms with Gasteiger partial charge in [0, 0.05) is 54.6 Å². The molecule has 7 nitrogen and oxygen atoms in total. The van der Waals surface area contributed by atoms with Crippen LogP contribution in [0.25, 0.3) is 0 Å². The highest BCUT2D eigenvalue weighted by Crippen LogP contribution is 2.61. The lowest BCUT2D eigenvalue weighted by molar-refractivity contribution is -0.384. The molecule has 196 valence electrons. The Morgan fingerprint density at radius 2 is 1.68 bits per heavy atom. The lowest BCUT2D eigenvalue weighted by atomic mass is 9.48. The van der Waals surface area contributed by atoms with Crippen molar-refractivity contribution in [1.82, 2.24) is 4.90 Å². The molecule has 4 bridgehead atoms. The van der Waals surface area contributed by atoms with E-state index in [0.717, 1.165) is 23.4 Å². The molecule has 4 aliphatic carbocycles. The first-order valence-corrected chi connectivity index (χ1v) is 14.0. The summed E-state index contributed by atoms with van der Waals surface area (Å²) in [4.78, 5) is 28.6. The average molecular weight is 523 g/mol. The molecule has 2 aromatic carbocycles. The molecule has 8 heteroatoms. The highest BCUT2D eigenvalue weighted by molar-refractivity contribution is 6.30. The zero-order chi connectivity index (χ0) is 25.7. The number of nitro groups is 1. The molecule has 1 aliphatic heterocycles. The molecule has 0 radical (unpaired) electrons. The van der Waals surface area contributed by atoms with E-state index in [2.05, 4.69) is 17.1 Å². The Morgan fingerprint density at radius 1 is 1.03 bits per heavy atom. The average Bonchev–Trinajstić information content (AvgIpc) is 2.87. The van der Waals surface area contributed by atoms with Crippen LogP contribution in [0.4, 0.5) is 17.1 Å². The van der Waals surface area contributed by atoms with Crippen molar-refractivity contribution in [2.75, 3.05) is 36.4 Å². The fraction of sp³-hybridized carbons (Fsp3) is 0.552. The van der Waals surface area contributed by atoms with Crippen molar-refractivity contribution in [2.24, 2.45) is 23.2 Å². The maximum absolute atomic E-state index is 12.9. The summed E-state index contributed by atoms with van der Waals surface area (Å²) in [6.07, 6.45) is 7.91. The zero-order valence-corrected chi connectivity index (χ0v) is 22.1. The van der Waals surface area contributed by atoms with Crippen LogP contribution < -0.4 is 10.2 Å². The number of nitrogens with one attached hydrogen (secondary N) is 1. The molecule has 1 saturated heterocycles. The predicted octanol–water partition coefficient (Wildman–Crippen LogP) is 6.23. The first-order valence-electron chi connectivity index (χ1n) is 13.6. The van der Waals surface area contributed by atoms with Gasteiger partial charge >= 0.3 is 0 Å². The van der Waals surface area contributed by atoms with Crippen LogP contribution in [0.2, 0.25) is 5.02 Å². The third-order valence-corrected chi connectivity index (χ3v) is 9.79. The van der Waals surface area contributed by atoms with Crippen LogP contribution in [0.1, 0.15) is 55.8 Å². The van der Waals surface area contributed by atoms with Gasteiger partial charge in [-0.3, -0.25) is 14.9 Å². The van der Waals surface area contributed by atoms with Crippen LogP contribution >= 0.6 is 11.6 Å². The number of rotatable bonds is 6. The van der Waals surface area contributed by atoms with Crippen LogP contribution in [-0.4, -0.2) is 48.0 Å². The Balaban J connectivity index is 1.17. The molecular formula is C29H35ClN4O3. The van der Waals surface area contributed by atoms with Crippen LogP contribution in [-0.2, 0) is 0 Å². The van der Waals surface area contributed by atoms with Gasteiger partial charge in [0.2, 0.25) is 0 Å². The van der Waals surface area contributed by atoms with Gasteiger partial charge in [-0.25, -0.2) is 0 Å². The molecule has 2 aromatic rings. The largest absolute Gasteiger partial charge is 0.376 e. The van der Waals surface area contributed by atoms with Crippen LogP contribution in [0, 0.1) is 33.3 Å². The molecule has 0 spiro atoms. The minimum absolute atomic E-state index is 0.0161. The number of benzene rings is 2. The molecule has 1 N–H and O–H groups in total. The number of halogens is 1. The van der Waals surface area contributed by atoms with E-state index >= 15 is 0 Å². The van der Waals surface area contributed by atoms with Gasteiger partial charge in [-0.1, -0.05) is 17.7 Å². The summed E-state index contributed by atoms with van der Waals surface area (Å²) in [5, 5.41) is 16.1. The number of anilines is 2. The Hall–Kier alpha value is -2.80. The summed E-state index contributed by atoms with van der Waals surface area (Å²) in [6, 6.07) is 12.7. The lowest BCUT2D eigenvalue weighted by Gasteiger charge is -2.59. The molecule has 7 rings (SSSR count). The van der Waals surface area contributed by atoms with Gasteiger partial charge in [0.1, 0.15) is 5.69 Å². The smallest absolute Gasteiger partial charge is 0.292 e. The van der Waals surface area contributed by atoms with Crippen LogP contribution in [0.5, 0.6) is 0 Å². The van der Waals surface area contributed by atoms with Gasteiger partial charge in [-0.2, -0.15) is 0 Å². The van der Waals surface area contributed by atoms with Crippen molar-refractivity contribution in [1.29, 1.82) is 0 Å². The second kappa shape index (κ2) is 9.50. The summed E-state index contributed by atoms with van der Waals surface area (Å²) in [5.41, 5.74) is 2.56. The number of piperazine rings is 1. The maximum atomic E-state index is 12.9. The topological polar surface area (TPSA) is 78.7 Å². The summed E-state index contributed by atoms with van der Waals surface area (Å²) in [7, 11) is 0. The number of carbonyl (C=O) groups is 1. The van der Waals surface area contributed by atoms with Gasteiger partial charge in [-0.15, -0.1) is 0 Å². The quantitative estimate of drug-likeness (QED) is 0.359. The van der Waals surface area contributed by atoms with Crippen molar-refractivity contribution >= 4 is 34.6 Å². The summed E-state index contributed by atoms with van der Waals surface area (Å²) in [5.74, 6) is 2.49. The molecule has 1 amide bonds. The SMILES string of the molecule is C[C@H](Nc1cc(N2CCN(C(=O)c3cccc(Cl)c3)CC2)ccc1[N+](=O)[O-])C12CC3CC(CC(C3)C1)C2. The van der Waals surface area contributed by atoms with E-state index in [4.69, 9.17) is 11.6 Å². The molecule has 37 heavy (non-hydrogen) atoms. The minimum Gasteiger partial charge on any atom is -0.376 e. The van der Waals surface area contributed by atoms with Gasteiger partial charge in [-0.05, 0) is 98.9 Å². The third-order valence-electron chi connectivity index (χ3n) is 9.56. The highest BCUT2D eigenvalue weighted by atomic mass is 35.5. The second-order valence-corrected chi connectivity index (χ2v) is 12.3. The van der Waals surface area contributed by atoms with Crippen molar-refractivity contribution < 1.29 is 9.72 Å². The third kappa shape index (κ3) is 4.67. The Bertz CT molecular complexity index is 1170. The predicted molar refractivity (Wildman–Crippen MR) is 146 cm³/mol. The highest BCUT2D eigenvalue weighted by Gasteiger charge is 2.53. The second-order valence-electron chi connectivity index (χ2n) is 11.9. The van der Waals surface area contributed by atoms with Crippen molar-refractivity contribution in [3.8, 4) is 0 Å². The van der Waals surface area contributed by atoms with E-state index in [1.165, 1.54) is 38.5 Å². The van der Waals surface area contributed by atoms with E-state index < -0.39 is 0 Å². The standard InChI is InChI=1S/C29H35ClN4O3/c1-19(29-16-20-11-21(17-29)13-22(12-20)18-29)31-26-15-25(5-6-27(26)34(36)37)32-7-9-33(10-8-32)28(35)23-3-2-4-24(30)14-23/h2-6,14-15,19-22,31H,7-13,16-18H2,1H3/t19-,20?,21?,22?,29?/m0/s1. The molecule has 5 fully saturated rings. The molecule has 0 aromatic heterocycles. The number of amides is 1. The van der Waals surface area contributed by atoms with Crippen LogP contribution in [0.3, 0.4) is 0 Å². The van der Waals surface area contributed by atoms with Crippen molar-refractivity contribution in [3.63, 3.8) is 0 Å². The lowest BCUT2D eigenvalue weighted by Crippen LogP contribution is -2.53. The van der Waals surface area contributed by atoms with E-state index in [1.54, 1.807) is 30.3 Å². The number of hydrogen-bond donors (Lipinski definition) is 1. The molecule has 0 unspecified atom stereocenters. The number of nitro benzene ring substituents is 1. The van der Waals surface area contributed by atoms with E-state index in [0.29, 0.717) is 42.5 Å². The van der Waals surface area contributed by atoms with Gasteiger partial charge in [0.15, 0.2) is 0 Å². The molecule has 5 aliphatic rings. The molecular weight excluding hydrogens is 488 g/mol. The first kappa shape index (κ1) is 24.5. The Kier molecular flexibility index (Phi) is 6.30. The maximum Gasteiger partial charge on any atom is 0.292 e. The fourth-order valence-corrected chi connectivity index (χ4v) is 8.25. The van der Waals surface area contributed by atoms with Crippen LogP contribution in [0.15, 0.2) is 42.5 Å². The molecule has 1 atom stereocenters. The monoisotopic (exact) mass is 522 g/mol. The zero-order valence-electron chi connectivity index (χ0n) is 21.4. The number of hydrogen-bond acceptors (Lipinski definition) is 5. The number of nitrogens with zero attached hydrogens (tertiary/aromatic N) is 3. The summed E-state index contributed by atoms with van der Waals surface area (Å²) >= 11 is 6.07. The van der Waals surface area contributed by atoms with E-state index in [1.807, 2.05) is 17.0 Å². The van der Waals surface area contributed by atoms with E-state index in [-0.39, 0.29) is 28.0 Å². The van der Waals surface area contributed by atoms with Gasteiger partial charge in [0.25, 0.3) is 11.6 Å². The van der Waals surface area contributed by atoms with Crippen molar-refractivity contribution in [2.45, 2.75) is 51.5 Å². The Labute approximate surface area is 223 Å².